The van der Waals surface area contributed by atoms with Gasteiger partial charge in [0, 0.05) is 33.8 Å². The molecule has 0 radical (unpaired) electrons. The van der Waals surface area contributed by atoms with Crippen molar-refractivity contribution in [2.75, 3.05) is 19.8 Å². The Morgan fingerprint density at radius 3 is 2.56 bits per heavy atom. The van der Waals surface area contributed by atoms with Crippen LogP contribution in [0, 0.1) is 0 Å². The van der Waals surface area contributed by atoms with Crippen LogP contribution >= 0.6 is 15.9 Å². The zero-order valence-corrected chi connectivity index (χ0v) is 16.4. The molecule has 1 aromatic carbocycles. The molecule has 0 spiro atoms. The molecule has 0 aliphatic carbocycles. The first-order valence-electron chi connectivity index (χ1n) is 9.28. The van der Waals surface area contributed by atoms with Gasteiger partial charge in [-0.1, -0.05) is 24.3 Å². The first-order chi connectivity index (χ1) is 13.3. The van der Waals surface area contributed by atoms with E-state index in [9.17, 15) is 0 Å². The van der Waals surface area contributed by atoms with Gasteiger partial charge in [0.05, 0.1) is 13.2 Å². The second-order valence-electron chi connectivity index (χ2n) is 6.83. The molecule has 2 saturated heterocycles. The van der Waals surface area contributed by atoms with Gasteiger partial charge in [0.1, 0.15) is 5.69 Å². The normalized spacial score (nSPS) is 21.1. The van der Waals surface area contributed by atoms with E-state index < -0.39 is 0 Å². The zero-order chi connectivity index (χ0) is 18.2. The number of hydrogen-bond donors (Lipinski definition) is 0. The van der Waals surface area contributed by atoms with Gasteiger partial charge in [-0.15, -0.1) is 0 Å². The maximum absolute atomic E-state index is 5.95. The molecule has 2 aromatic heterocycles. The van der Waals surface area contributed by atoms with Crippen LogP contribution in [0.25, 0.3) is 22.3 Å². The van der Waals surface area contributed by atoms with Gasteiger partial charge in [-0.05, 0) is 41.3 Å². The minimum atomic E-state index is -0.264. The number of rotatable bonds is 3. The fourth-order valence-corrected chi connectivity index (χ4v) is 4.01. The molecule has 0 bridgehead atoms. The van der Waals surface area contributed by atoms with Crippen molar-refractivity contribution in [2.24, 2.45) is 0 Å². The number of pyridine rings is 1. The van der Waals surface area contributed by atoms with Crippen molar-refractivity contribution < 1.29 is 14.2 Å². The first-order valence-corrected chi connectivity index (χ1v) is 10.1. The van der Waals surface area contributed by atoms with E-state index in [1.54, 1.807) is 0 Å². The molecule has 1 atom stereocenters. The summed E-state index contributed by atoms with van der Waals surface area (Å²) < 4.78 is 20.0. The number of fused-ring (bicyclic) bond motifs is 1. The Hall–Kier alpha value is -1.80. The van der Waals surface area contributed by atoms with E-state index in [1.807, 2.05) is 23.0 Å². The fraction of sp³-hybridized carbons (Fsp3) is 0.400. The van der Waals surface area contributed by atoms with Crippen LogP contribution < -0.4 is 0 Å². The number of ether oxygens (including phenoxy) is 3. The van der Waals surface area contributed by atoms with Crippen LogP contribution in [0.2, 0.25) is 0 Å². The summed E-state index contributed by atoms with van der Waals surface area (Å²) in [6.45, 7) is 2.05. The minimum absolute atomic E-state index is 0.0526. The summed E-state index contributed by atoms with van der Waals surface area (Å²) in [5, 5.41) is 5.91. The molecule has 6 nitrogen and oxygen atoms in total. The molecule has 1 unspecified atom stereocenters. The Bertz CT molecular complexity index is 945. The van der Waals surface area contributed by atoms with Crippen LogP contribution in [0.3, 0.4) is 0 Å². The van der Waals surface area contributed by atoms with E-state index in [-0.39, 0.29) is 12.5 Å². The third-order valence-corrected chi connectivity index (χ3v) is 5.45. The summed E-state index contributed by atoms with van der Waals surface area (Å²) in [6, 6.07) is 10.3. The Balaban J connectivity index is 1.56. The van der Waals surface area contributed by atoms with Crippen molar-refractivity contribution in [1.82, 2.24) is 14.8 Å². The largest absolute Gasteiger partial charge is 0.356 e. The lowest BCUT2D eigenvalue weighted by atomic mass is 10.1. The van der Waals surface area contributed by atoms with Gasteiger partial charge in [-0.25, -0.2) is 9.67 Å². The number of hydrogen-bond acceptors (Lipinski definition) is 5. The standard InChI is InChI=1S/C20H20BrN3O3/c21-15-11-16-18(13-4-6-14(7-5-13)20-26-9-10-27-20)23-24(19(16)22-12-15)17-3-1-2-8-25-17/h4-7,11-12,17,20H,1-3,8-10H2. The third-order valence-electron chi connectivity index (χ3n) is 5.02. The second-order valence-corrected chi connectivity index (χ2v) is 7.75. The second kappa shape index (κ2) is 7.31. The van der Waals surface area contributed by atoms with Gasteiger partial charge in [-0.3, -0.25) is 0 Å². The summed E-state index contributed by atoms with van der Waals surface area (Å²) in [4.78, 5) is 4.62. The van der Waals surface area contributed by atoms with Crippen LogP contribution in [0.15, 0.2) is 41.0 Å². The highest BCUT2D eigenvalue weighted by molar-refractivity contribution is 9.10. The molecule has 5 rings (SSSR count). The van der Waals surface area contributed by atoms with E-state index in [4.69, 9.17) is 19.3 Å². The van der Waals surface area contributed by atoms with Crippen LogP contribution in [-0.2, 0) is 14.2 Å². The lowest BCUT2D eigenvalue weighted by Crippen LogP contribution is -2.19. The average molecular weight is 430 g/mol. The molecule has 27 heavy (non-hydrogen) atoms. The summed E-state index contributed by atoms with van der Waals surface area (Å²) in [5.41, 5.74) is 3.82. The van der Waals surface area contributed by atoms with Gasteiger partial charge in [0.2, 0.25) is 0 Å². The Morgan fingerprint density at radius 1 is 1.00 bits per heavy atom. The van der Waals surface area contributed by atoms with Crippen molar-refractivity contribution in [3.8, 4) is 11.3 Å². The molecule has 4 heterocycles. The van der Waals surface area contributed by atoms with Crippen molar-refractivity contribution in [3.63, 3.8) is 0 Å². The molecule has 7 heteroatoms. The Morgan fingerprint density at radius 2 is 1.81 bits per heavy atom. The first kappa shape index (κ1) is 17.3. The highest BCUT2D eigenvalue weighted by Crippen LogP contribution is 2.34. The smallest absolute Gasteiger partial charge is 0.184 e. The molecule has 2 aliphatic heterocycles. The number of nitrogens with zero attached hydrogens (tertiary/aromatic N) is 3. The Labute approximate surface area is 165 Å². The summed E-state index contributed by atoms with van der Waals surface area (Å²) in [5.74, 6) is 0. The van der Waals surface area contributed by atoms with E-state index in [0.717, 1.165) is 58.2 Å². The number of halogens is 1. The van der Waals surface area contributed by atoms with Crippen molar-refractivity contribution in [2.45, 2.75) is 31.8 Å². The van der Waals surface area contributed by atoms with Crippen LogP contribution in [0.4, 0.5) is 0 Å². The van der Waals surface area contributed by atoms with Crippen LogP contribution in [-0.4, -0.2) is 34.6 Å². The highest BCUT2D eigenvalue weighted by atomic mass is 79.9. The predicted molar refractivity (Wildman–Crippen MR) is 104 cm³/mol. The molecular weight excluding hydrogens is 410 g/mol. The maximum Gasteiger partial charge on any atom is 0.184 e. The fourth-order valence-electron chi connectivity index (χ4n) is 3.68. The van der Waals surface area contributed by atoms with E-state index in [1.165, 1.54) is 0 Å². The molecule has 140 valence electrons. The molecule has 0 amide bonds. The lowest BCUT2D eigenvalue weighted by Gasteiger charge is -2.23. The number of benzene rings is 1. The van der Waals surface area contributed by atoms with Crippen LogP contribution in [0.1, 0.15) is 37.3 Å². The molecule has 0 saturated carbocycles. The van der Waals surface area contributed by atoms with Crippen molar-refractivity contribution in [1.29, 1.82) is 0 Å². The Kier molecular flexibility index (Phi) is 4.69. The molecular formula is C20H20BrN3O3. The number of aromatic nitrogens is 3. The van der Waals surface area contributed by atoms with Crippen molar-refractivity contribution >= 4 is 27.0 Å². The SMILES string of the molecule is Brc1cnc2c(c1)c(-c1ccc(C3OCCO3)cc1)nn2C1CCCCO1. The van der Waals surface area contributed by atoms with Gasteiger partial charge >= 0.3 is 0 Å². The molecule has 0 N–H and O–H groups in total. The van der Waals surface area contributed by atoms with E-state index >= 15 is 0 Å². The predicted octanol–water partition coefficient (Wildman–Crippen LogP) is 4.61. The van der Waals surface area contributed by atoms with Gasteiger partial charge in [0.15, 0.2) is 18.2 Å². The van der Waals surface area contributed by atoms with Gasteiger partial charge < -0.3 is 14.2 Å². The quantitative estimate of drug-likeness (QED) is 0.608. The van der Waals surface area contributed by atoms with Crippen LogP contribution in [0.5, 0.6) is 0 Å². The summed E-state index contributed by atoms with van der Waals surface area (Å²) in [6.07, 6.45) is 4.71. The third kappa shape index (κ3) is 3.29. The zero-order valence-electron chi connectivity index (χ0n) is 14.8. The van der Waals surface area contributed by atoms with E-state index in [2.05, 4.69) is 39.1 Å². The minimum Gasteiger partial charge on any atom is -0.356 e. The van der Waals surface area contributed by atoms with E-state index in [0.29, 0.717) is 13.2 Å². The highest BCUT2D eigenvalue weighted by Gasteiger charge is 2.23. The monoisotopic (exact) mass is 429 g/mol. The average Bonchev–Trinajstić information content (AvgIpc) is 3.37. The lowest BCUT2D eigenvalue weighted by molar-refractivity contribution is -0.0441. The molecule has 2 fully saturated rings. The van der Waals surface area contributed by atoms with Gasteiger partial charge in [-0.2, -0.15) is 5.10 Å². The molecule has 3 aromatic rings. The summed E-state index contributed by atoms with van der Waals surface area (Å²) in [7, 11) is 0. The maximum atomic E-state index is 5.95. The van der Waals surface area contributed by atoms with Gasteiger partial charge in [0.25, 0.3) is 0 Å². The molecule has 2 aliphatic rings. The topological polar surface area (TPSA) is 58.4 Å². The van der Waals surface area contributed by atoms with Crippen molar-refractivity contribution in [3.05, 3.63) is 46.6 Å². The summed E-state index contributed by atoms with van der Waals surface area (Å²) >= 11 is 3.54.